The third kappa shape index (κ3) is 2.82. The van der Waals surface area contributed by atoms with E-state index in [4.69, 9.17) is 11.1 Å². The van der Waals surface area contributed by atoms with Crippen molar-refractivity contribution in [1.82, 2.24) is 5.32 Å². The van der Waals surface area contributed by atoms with Gasteiger partial charge in [-0.1, -0.05) is 0 Å². The molecule has 0 radical (unpaired) electrons. The molecule has 0 aromatic rings. The first-order chi connectivity index (χ1) is 6.20. The van der Waals surface area contributed by atoms with Crippen LogP contribution in [0.5, 0.6) is 0 Å². The van der Waals surface area contributed by atoms with Crippen LogP contribution in [-0.2, 0) is 0 Å². The van der Waals surface area contributed by atoms with E-state index in [1.54, 1.807) is 0 Å². The summed E-state index contributed by atoms with van der Waals surface area (Å²) in [5, 5.41) is 20.3. The number of aliphatic hydroxyl groups is 1. The first-order valence-electron chi connectivity index (χ1n) is 4.54. The highest BCUT2D eigenvalue weighted by molar-refractivity contribution is 5.75. The largest absolute Gasteiger partial charge is 0.404 e. The summed E-state index contributed by atoms with van der Waals surface area (Å²) in [6.07, 6.45) is 4.57. The molecular weight excluding hydrogens is 166 g/mol. The molecule has 1 fully saturated rings. The molecule has 1 heterocycles. The lowest BCUT2D eigenvalue weighted by Gasteiger charge is -2.32. The second-order valence-electron chi connectivity index (χ2n) is 3.54. The molecule has 0 aliphatic carbocycles. The quantitative estimate of drug-likeness (QED) is 0.464. The minimum absolute atomic E-state index is 0.495. The normalized spacial score (nSPS) is 22.7. The lowest BCUT2D eigenvalue weighted by atomic mass is 9.86. The van der Waals surface area contributed by atoms with E-state index in [9.17, 15) is 5.11 Å². The summed E-state index contributed by atoms with van der Waals surface area (Å²) in [6, 6.07) is 0. The molecule has 0 spiro atoms. The maximum atomic E-state index is 10.1. The first kappa shape index (κ1) is 10.2. The molecule has 4 heteroatoms. The SMILES string of the molecule is N=C/C(=C\N)CC1(O)CCNCC1. The third-order valence-electron chi connectivity index (χ3n) is 2.47. The smallest absolute Gasteiger partial charge is 0.0713 e. The van der Waals surface area contributed by atoms with Crippen molar-refractivity contribution in [3.05, 3.63) is 11.8 Å². The van der Waals surface area contributed by atoms with Crippen molar-refractivity contribution in [3.63, 3.8) is 0 Å². The van der Waals surface area contributed by atoms with Crippen molar-refractivity contribution >= 4 is 6.21 Å². The second kappa shape index (κ2) is 4.39. The van der Waals surface area contributed by atoms with Crippen LogP contribution in [0.25, 0.3) is 0 Å². The van der Waals surface area contributed by atoms with Crippen LogP contribution in [0, 0.1) is 5.41 Å². The predicted octanol–water partition coefficient (Wildman–Crippen LogP) is -0.0168. The average molecular weight is 183 g/mol. The molecule has 0 amide bonds. The van der Waals surface area contributed by atoms with Crippen LogP contribution in [0.2, 0.25) is 0 Å². The van der Waals surface area contributed by atoms with E-state index < -0.39 is 5.60 Å². The Labute approximate surface area is 78.3 Å². The fraction of sp³-hybridized carbons (Fsp3) is 0.667. The Morgan fingerprint density at radius 2 is 2.15 bits per heavy atom. The summed E-state index contributed by atoms with van der Waals surface area (Å²) in [6.45, 7) is 1.68. The molecule has 1 rings (SSSR count). The number of rotatable bonds is 3. The summed E-state index contributed by atoms with van der Waals surface area (Å²) in [4.78, 5) is 0. The lowest BCUT2D eigenvalue weighted by molar-refractivity contribution is 0.0121. The molecule has 0 aromatic carbocycles. The number of nitrogens with two attached hydrogens (primary N) is 1. The standard InChI is InChI=1S/C9H17N3O/c10-6-8(7-11)5-9(13)1-3-12-4-2-9/h6-7,10,12-13H,1-5,11H2/b8-7-,10-6?. The maximum Gasteiger partial charge on any atom is 0.0713 e. The summed E-state index contributed by atoms with van der Waals surface area (Å²) in [7, 11) is 0. The molecule has 0 atom stereocenters. The van der Waals surface area contributed by atoms with Crippen molar-refractivity contribution in [2.75, 3.05) is 13.1 Å². The zero-order valence-electron chi connectivity index (χ0n) is 7.71. The Morgan fingerprint density at radius 3 is 2.62 bits per heavy atom. The van der Waals surface area contributed by atoms with Crippen LogP contribution < -0.4 is 11.1 Å². The number of hydrogen-bond donors (Lipinski definition) is 4. The molecule has 4 nitrogen and oxygen atoms in total. The topological polar surface area (TPSA) is 82.1 Å². The van der Waals surface area contributed by atoms with Crippen molar-refractivity contribution in [3.8, 4) is 0 Å². The van der Waals surface area contributed by atoms with Gasteiger partial charge in [-0.15, -0.1) is 0 Å². The van der Waals surface area contributed by atoms with Gasteiger partial charge < -0.3 is 21.6 Å². The van der Waals surface area contributed by atoms with E-state index in [1.807, 2.05) is 0 Å². The Balaban J connectivity index is 2.54. The van der Waals surface area contributed by atoms with E-state index in [0.717, 1.165) is 25.9 Å². The minimum Gasteiger partial charge on any atom is -0.404 e. The zero-order valence-corrected chi connectivity index (χ0v) is 7.71. The van der Waals surface area contributed by atoms with Crippen LogP contribution >= 0.6 is 0 Å². The molecule has 1 saturated heterocycles. The van der Waals surface area contributed by atoms with Gasteiger partial charge in [0.1, 0.15) is 0 Å². The second-order valence-corrected chi connectivity index (χ2v) is 3.54. The summed E-state index contributed by atoms with van der Waals surface area (Å²) in [5.74, 6) is 0. The predicted molar refractivity (Wildman–Crippen MR) is 52.7 cm³/mol. The molecule has 0 aromatic heterocycles. The molecular formula is C9H17N3O. The van der Waals surface area contributed by atoms with E-state index in [-0.39, 0.29) is 0 Å². The summed E-state index contributed by atoms with van der Waals surface area (Å²) < 4.78 is 0. The monoisotopic (exact) mass is 183 g/mol. The zero-order chi connectivity index (χ0) is 9.73. The molecule has 5 N–H and O–H groups in total. The van der Waals surface area contributed by atoms with Gasteiger partial charge in [0.15, 0.2) is 0 Å². The molecule has 0 saturated carbocycles. The van der Waals surface area contributed by atoms with Crippen molar-refractivity contribution in [2.45, 2.75) is 24.9 Å². The fourth-order valence-corrected chi connectivity index (χ4v) is 1.61. The van der Waals surface area contributed by atoms with Crippen molar-refractivity contribution in [2.24, 2.45) is 5.73 Å². The molecule has 13 heavy (non-hydrogen) atoms. The van der Waals surface area contributed by atoms with Gasteiger partial charge in [0.2, 0.25) is 0 Å². The van der Waals surface area contributed by atoms with Crippen LogP contribution in [-0.4, -0.2) is 30.0 Å². The van der Waals surface area contributed by atoms with Gasteiger partial charge in [-0.3, -0.25) is 0 Å². The van der Waals surface area contributed by atoms with Gasteiger partial charge in [-0.2, -0.15) is 0 Å². The van der Waals surface area contributed by atoms with Gasteiger partial charge >= 0.3 is 0 Å². The highest BCUT2D eigenvalue weighted by Crippen LogP contribution is 2.24. The first-order valence-corrected chi connectivity index (χ1v) is 4.54. The molecule has 0 unspecified atom stereocenters. The number of hydrogen-bond acceptors (Lipinski definition) is 4. The van der Waals surface area contributed by atoms with Gasteiger partial charge in [-0.25, -0.2) is 0 Å². The molecule has 0 bridgehead atoms. The van der Waals surface area contributed by atoms with Gasteiger partial charge in [0.25, 0.3) is 0 Å². The Bertz CT molecular complexity index is 207. The van der Waals surface area contributed by atoms with E-state index in [0.29, 0.717) is 12.0 Å². The summed E-state index contributed by atoms with van der Waals surface area (Å²) >= 11 is 0. The van der Waals surface area contributed by atoms with E-state index in [2.05, 4.69) is 5.32 Å². The maximum absolute atomic E-state index is 10.1. The van der Waals surface area contributed by atoms with Crippen LogP contribution in [0.15, 0.2) is 11.8 Å². The highest BCUT2D eigenvalue weighted by atomic mass is 16.3. The van der Waals surface area contributed by atoms with E-state index >= 15 is 0 Å². The number of piperidine rings is 1. The fourth-order valence-electron chi connectivity index (χ4n) is 1.61. The lowest BCUT2D eigenvalue weighted by Crippen LogP contribution is -2.42. The van der Waals surface area contributed by atoms with Crippen LogP contribution in [0.4, 0.5) is 0 Å². The average Bonchev–Trinajstić information content (AvgIpc) is 2.15. The third-order valence-corrected chi connectivity index (χ3v) is 2.47. The molecule has 74 valence electrons. The molecule has 1 aliphatic rings. The van der Waals surface area contributed by atoms with Gasteiger partial charge in [0, 0.05) is 12.6 Å². The Hall–Kier alpha value is -0.870. The summed E-state index contributed by atoms with van der Waals surface area (Å²) in [5.41, 5.74) is 5.36. The Kier molecular flexibility index (Phi) is 3.45. The Morgan fingerprint density at radius 1 is 1.54 bits per heavy atom. The van der Waals surface area contributed by atoms with E-state index in [1.165, 1.54) is 12.4 Å². The van der Waals surface area contributed by atoms with Crippen LogP contribution in [0.1, 0.15) is 19.3 Å². The van der Waals surface area contributed by atoms with Crippen LogP contribution in [0.3, 0.4) is 0 Å². The van der Waals surface area contributed by atoms with Gasteiger partial charge in [0.05, 0.1) is 5.60 Å². The van der Waals surface area contributed by atoms with Crippen molar-refractivity contribution in [1.29, 1.82) is 5.41 Å². The highest BCUT2D eigenvalue weighted by Gasteiger charge is 2.29. The molecule has 1 aliphatic heterocycles. The minimum atomic E-state index is -0.659. The van der Waals surface area contributed by atoms with Crippen molar-refractivity contribution < 1.29 is 5.11 Å². The van der Waals surface area contributed by atoms with Gasteiger partial charge in [-0.05, 0) is 37.7 Å². The number of nitrogens with one attached hydrogen (secondary N) is 2.